The van der Waals surface area contributed by atoms with Crippen LogP contribution in [0, 0.1) is 5.92 Å². The molecule has 4 heteroatoms. The van der Waals surface area contributed by atoms with Gasteiger partial charge >= 0.3 is 0 Å². The van der Waals surface area contributed by atoms with Crippen LogP contribution < -0.4 is 0 Å². The van der Waals surface area contributed by atoms with E-state index in [1.165, 1.54) is 0 Å². The molecule has 1 aromatic carbocycles. The van der Waals surface area contributed by atoms with Crippen molar-refractivity contribution in [3.05, 3.63) is 30.3 Å². The van der Waals surface area contributed by atoms with Crippen molar-refractivity contribution < 1.29 is 13.2 Å². The molecule has 1 saturated heterocycles. The van der Waals surface area contributed by atoms with E-state index in [1.54, 1.807) is 24.3 Å². The first-order chi connectivity index (χ1) is 7.58. The molecule has 0 N–H and O–H groups in total. The summed E-state index contributed by atoms with van der Waals surface area (Å²) in [5.41, 5.74) is 0. The maximum atomic E-state index is 12.0. The van der Waals surface area contributed by atoms with Crippen LogP contribution in [0.2, 0.25) is 0 Å². The molecular weight excluding hydrogens is 224 g/mol. The van der Waals surface area contributed by atoms with Crippen molar-refractivity contribution in [2.45, 2.75) is 24.3 Å². The number of hydrogen-bond acceptors (Lipinski definition) is 3. The van der Waals surface area contributed by atoms with Gasteiger partial charge in [-0.05, 0) is 24.5 Å². The summed E-state index contributed by atoms with van der Waals surface area (Å²) in [5.74, 6) is 0.567. The van der Waals surface area contributed by atoms with Gasteiger partial charge in [0.05, 0.1) is 16.8 Å². The molecule has 2 atom stereocenters. The van der Waals surface area contributed by atoms with Gasteiger partial charge in [0.1, 0.15) is 0 Å². The number of hydrogen-bond donors (Lipinski definition) is 0. The van der Waals surface area contributed by atoms with E-state index in [9.17, 15) is 8.42 Å². The van der Waals surface area contributed by atoms with Crippen LogP contribution in [0.3, 0.4) is 0 Å². The molecule has 0 spiro atoms. The predicted molar refractivity (Wildman–Crippen MR) is 62.0 cm³/mol. The summed E-state index contributed by atoms with van der Waals surface area (Å²) in [6.07, 6.45) is 0.701. The third-order valence-corrected chi connectivity index (χ3v) is 4.59. The van der Waals surface area contributed by atoms with E-state index in [2.05, 4.69) is 6.92 Å². The fraction of sp³-hybridized carbons (Fsp3) is 0.500. The van der Waals surface area contributed by atoms with Crippen LogP contribution in [0.15, 0.2) is 35.2 Å². The van der Waals surface area contributed by atoms with Gasteiger partial charge in [-0.2, -0.15) is 0 Å². The predicted octanol–water partition coefficient (Wildman–Crippen LogP) is 1.89. The third-order valence-electron chi connectivity index (χ3n) is 2.79. The average molecular weight is 240 g/mol. The highest BCUT2D eigenvalue weighted by molar-refractivity contribution is 7.91. The highest BCUT2D eigenvalue weighted by Crippen LogP contribution is 2.22. The maximum absolute atomic E-state index is 12.0. The minimum absolute atomic E-state index is 0.0986. The van der Waals surface area contributed by atoms with Crippen molar-refractivity contribution in [1.29, 1.82) is 0 Å². The first-order valence-corrected chi connectivity index (χ1v) is 7.12. The van der Waals surface area contributed by atoms with Gasteiger partial charge in [-0.1, -0.05) is 25.1 Å². The zero-order chi connectivity index (χ0) is 11.6. The summed E-state index contributed by atoms with van der Waals surface area (Å²) in [6.45, 7) is 2.75. The van der Waals surface area contributed by atoms with Gasteiger partial charge in [0.15, 0.2) is 9.84 Å². The van der Waals surface area contributed by atoms with E-state index in [1.807, 2.05) is 6.07 Å². The monoisotopic (exact) mass is 240 g/mol. The van der Waals surface area contributed by atoms with Gasteiger partial charge in [0.25, 0.3) is 0 Å². The summed E-state index contributed by atoms with van der Waals surface area (Å²) >= 11 is 0. The minimum Gasteiger partial charge on any atom is -0.377 e. The van der Waals surface area contributed by atoms with Crippen molar-refractivity contribution in [2.24, 2.45) is 5.92 Å². The van der Waals surface area contributed by atoms with Crippen LogP contribution in [0.25, 0.3) is 0 Å². The molecule has 0 radical (unpaired) electrons. The molecule has 88 valence electrons. The molecule has 0 unspecified atom stereocenters. The molecule has 1 aliphatic heterocycles. The highest BCUT2D eigenvalue weighted by Gasteiger charge is 2.27. The van der Waals surface area contributed by atoms with E-state index in [4.69, 9.17) is 4.74 Å². The van der Waals surface area contributed by atoms with Gasteiger partial charge in [-0.15, -0.1) is 0 Å². The van der Waals surface area contributed by atoms with E-state index < -0.39 is 9.84 Å². The van der Waals surface area contributed by atoms with E-state index in [0.29, 0.717) is 17.4 Å². The summed E-state index contributed by atoms with van der Waals surface area (Å²) in [6, 6.07) is 8.56. The van der Waals surface area contributed by atoms with E-state index in [-0.39, 0.29) is 11.9 Å². The van der Waals surface area contributed by atoms with Crippen molar-refractivity contribution in [1.82, 2.24) is 0 Å². The SMILES string of the molecule is C[C@@H]1CO[C@H](CS(=O)(=O)c2ccccc2)C1. The van der Waals surface area contributed by atoms with Crippen molar-refractivity contribution in [3.63, 3.8) is 0 Å². The second-order valence-corrected chi connectivity index (χ2v) is 6.42. The van der Waals surface area contributed by atoms with Gasteiger partial charge in [0.2, 0.25) is 0 Å². The Morgan fingerprint density at radius 3 is 2.56 bits per heavy atom. The Kier molecular flexibility index (Phi) is 3.30. The molecule has 1 aromatic rings. The zero-order valence-corrected chi connectivity index (χ0v) is 10.1. The fourth-order valence-corrected chi connectivity index (χ4v) is 3.46. The Labute approximate surface area is 96.4 Å². The highest BCUT2D eigenvalue weighted by atomic mass is 32.2. The first-order valence-electron chi connectivity index (χ1n) is 5.47. The number of rotatable bonds is 3. The molecular formula is C12H16O3S. The molecule has 0 bridgehead atoms. The van der Waals surface area contributed by atoms with Crippen LogP contribution >= 0.6 is 0 Å². The average Bonchev–Trinajstić information content (AvgIpc) is 2.64. The van der Waals surface area contributed by atoms with Crippen LogP contribution in [-0.4, -0.2) is 26.9 Å². The summed E-state index contributed by atoms with van der Waals surface area (Å²) in [7, 11) is -3.19. The molecule has 3 nitrogen and oxygen atoms in total. The van der Waals surface area contributed by atoms with Crippen LogP contribution in [0.1, 0.15) is 13.3 Å². The lowest BCUT2D eigenvalue weighted by atomic mass is 10.1. The van der Waals surface area contributed by atoms with E-state index >= 15 is 0 Å². The lowest BCUT2D eigenvalue weighted by molar-refractivity contribution is 0.123. The summed E-state index contributed by atoms with van der Waals surface area (Å²) in [4.78, 5) is 0.387. The van der Waals surface area contributed by atoms with Gasteiger partial charge in [0, 0.05) is 6.61 Å². The van der Waals surface area contributed by atoms with E-state index in [0.717, 1.165) is 6.42 Å². The van der Waals surface area contributed by atoms with Crippen molar-refractivity contribution in [3.8, 4) is 0 Å². The van der Waals surface area contributed by atoms with Crippen LogP contribution in [-0.2, 0) is 14.6 Å². The smallest absolute Gasteiger partial charge is 0.180 e. The summed E-state index contributed by atoms with van der Waals surface area (Å²) in [5, 5.41) is 0. The lowest BCUT2D eigenvalue weighted by Crippen LogP contribution is -2.20. The molecule has 0 saturated carbocycles. The van der Waals surface area contributed by atoms with Gasteiger partial charge < -0.3 is 4.74 Å². The Morgan fingerprint density at radius 2 is 2.00 bits per heavy atom. The third kappa shape index (κ3) is 2.62. The van der Waals surface area contributed by atoms with Crippen molar-refractivity contribution >= 4 is 9.84 Å². The zero-order valence-electron chi connectivity index (χ0n) is 9.30. The van der Waals surface area contributed by atoms with Crippen molar-refractivity contribution in [2.75, 3.05) is 12.4 Å². The second kappa shape index (κ2) is 4.55. The normalized spacial score (nSPS) is 25.8. The largest absolute Gasteiger partial charge is 0.377 e. The maximum Gasteiger partial charge on any atom is 0.180 e. The molecule has 1 fully saturated rings. The molecule has 2 rings (SSSR count). The molecule has 1 heterocycles. The molecule has 0 aliphatic carbocycles. The number of benzene rings is 1. The molecule has 1 aliphatic rings. The number of ether oxygens (including phenoxy) is 1. The Bertz CT molecular complexity index is 439. The Hall–Kier alpha value is -0.870. The van der Waals surface area contributed by atoms with Crippen LogP contribution in [0.5, 0.6) is 0 Å². The second-order valence-electron chi connectivity index (χ2n) is 4.39. The topological polar surface area (TPSA) is 43.4 Å². The fourth-order valence-electron chi connectivity index (χ4n) is 1.97. The Balaban J connectivity index is 2.09. The summed E-state index contributed by atoms with van der Waals surface area (Å²) < 4.78 is 29.5. The first kappa shape index (κ1) is 11.6. The molecule has 0 amide bonds. The minimum atomic E-state index is -3.19. The van der Waals surface area contributed by atoms with Gasteiger partial charge in [-0.3, -0.25) is 0 Å². The molecule has 0 aromatic heterocycles. The number of sulfone groups is 1. The Morgan fingerprint density at radius 1 is 1.31 bits per heavy atom. The standard InChI is InChI=1S/C12H16O3S/c1-10-7-11(15-8-10)9-16(13,14)12-5-3-2-4-6-12/h2-6,10-11H,7-9H2,1H3/t10-,11-/m0/s1. The van der Waals surface area contributed by atoms with Gasteiger partial charge in [-0.25, -0.2) is 8.42 Å². The quantitative estimate of drug-likeness (QED) is 0.810. The van der Waals surface area contributed by atoms with Crippen LogP contribution in [0.4, 0.5) is 0 Å². The lowest BCUT2D eigenvalue weighted by Gasteiger charge is -2.09. The molecule has 16 heavy (non-hydrogen) atoms.